The third-order valence-electron chi connectivity index (χ3n) is 1.58. The van der Waals surface area contributed by atoms with E-state index in [1.54, 1.807) is 4.90 Å². The first kappa shape index (κ1) is 11.2. The zero-order valence-corrected chi connectivity index (χ0v) is 8.13. The van der Waals surface area contributed by atoms with Crippen LogP contribution in [0.5, 0.6) is 0 Å². The maximum atomic E-state index is 11.3. The molecule has 0 saturated carbocycles. The molecular formula is C8H19N3O. The summed E-state index contributed by atoms with van der Waals surface area (Å²) in [6.45, 7) is 7.64. The van der Waals surface area contributed by atoms with E-state index < -0.39 is 0 Å². The fourth-order valence-electron chi connectivity index (χ4n) is 0.986. The van der Waals surface area contributed by atoms with Gasteiger partial charge in [-0.2, -0.15) is 0 Å². The molecule has 0 radical (unpaired) electrons. The Morgan fingerprint density at radius 1 is 1.58 bits per heavy atom. The van der Waals surface area contributed by atoms with Gasteiger partial charge in [0.2, 0.25) is 0 Å². The minimum atomic E-state index is -0.0297. The minimum Gasteiger partial charge on any atom is -0.338 e. The second-order valence-corrected chi connectivity index (χ2v) is 2.91. The molecule has 4 nitrogen and oxygen atoms in total. The van der Waals surface area contributed by atoms with Gasteiger partial charge < -0.3 is 16.0 Å². The quantitative estimate of drug-likeness (QED) is 0.646. The molecule has 0 aromatic heterocycles. The molecule has 0 fully saturated rings. The van der Waals surface area contributed by atoms with Crippen LogP contribution in [0.3, 0.4) is 0 Å². The van der Waals surface area contributed by atoms with E-state index in [0.29, 0.717) is 19.6 Å². The van der Waals surface area contributed by atoms with Crippen LogP contribution in [0, 0.1) is 0 Å². The van der Waals surface area contributed by atoms with Crippen molar-refractivity contribution in [3.05, 3.63) is 0 Å². The zero-order chi connectivity index (χ0) is 9.56. The molecule has 0 aliphatic heterocycles. The Kier molecular flexibility index (Phi) is 5.45. The van der Waals surface area contributed by atoms with Crippen LogP contribution in [0.15, 0.2) is 0 Å². The van der Waals surface area contributed by atoms with Crippen LogP contribution < -0.4 is 11.1 Å². The van der Waals surface area contributed by atoms with E-state index in [0.717, 1.165) is 0 Å². The number of nitrogens with zero attached hydrogens (tertiary/aromatic N) is 1. The van der Waals surface area contributed by atoms with Crippen molar-refractivity contribution in [2.75, 3.05) is 19.6 Å². The summed E-state index contributed by atoms with van der Waals surface area (Å²) in [7, 11) is 0. The number of carbonyl (C=O) groups excluding carboxylic acids is 1. The highest BCUT2D eigenvalue weighted by Crippen LogP contribution is 1.96. The second-order valence-electron chi connectivity index (χ2n) is 2.91. The molecule has 12 heavy (non-hydrogen) atoms. The number of hydrogen-bond donors (Lipinski definition) is 2. The summed E-state index contributed by atoms with van der Waals surface area (Å²) < 4.78 is 0. The summed E-state index contributed by atoms with van der Waals surface area (Å²) in [6, 6.07) is 0.179. The van der Waals surface area contributed by atoms with Gasteiger partial charge in [-0.3, -0.25) is 0 Å². The van der Waals surface area contributed by atoms with Gasteiger partial charge in [0.25, 0.3) is 0 Å². The number of rotatable bonds is 4. The number of urea groups is 1. The Bertz CT molecular complexity index is 136. The van der Waals surface area contributed by atoms with Crippen molar-refractivity contribution in [3.63, 3.8) is 0 Å². The molecule has 0 rings (SSSR count). The van der Waals surface area contributed by atoms with Crippen LogP contribution >= 0.6 is 0 Å². The summed E-state index contributed by atoms with van der Waals surface area (Å²) in [5, 5.41) is 2.74. The molecular weight excluding hydrogens is 154 g/mol. The van der Waals surface area contributed by atoms with Gasteiger partial charge in [0.15, 0.2) is 0 Å². The molecule has 72 valence electrons. The average molecular weight is 173 g/mol. The van der Waals surface area contributed by atoms with Crippen LogP contribution in [0.4, 0.5) is 4.79 Å². The molecule has 0 aliphatic rings. The molecule has 0 saturated heterocycles. The van der Waals surface area contributed by atoms with E-state index in [1.165, 1.54) is 0 Å². The van der Waals surface area contributed by atoms with E-state index in [-0.39, 0.29) is 12.1 Å². The molecule has 0 aromatic rings. The first-order valence-corrected chi connectivity index (χ1v) is 4.38. The van der Waals surface area contributed by atoms with Gasteiger partial charge in [0.1, 0.15) is 0 Å². The van der Waals surface area contributed by atoms with E-state index >= 15 is 0 Å². The first-order valence-electron chi connectivity index (χ1n) is 4.38. The van der Waals surface area contributed by atoms with Gasteiger partial charge in [-0.25, -0.2) is 4.79 Å². The van der Waals surface area contributed by atoms with Crippen molar-refractivity contribution in [1.29, 1.82) is 0 Å². The maximum absolute atomic E-state index is 11.3. The third-order valence-corrected chi connectivity index (χ3v) is 1.58. The predicted octanol–water partition coefficient (Wildman–Crippen LogP) is 0.385. The van der Waals surface area contributed by atoms with Gasteiger partial charge in [-0.05, 0) is 20.8 Å². The highest BCUT2D eigenvalue weighted by atomic mass is 16.2. The van der Waals surface area contributed by atoms with Gasteiger partial charge in [0, 0.05) is 25.7 Å². The van der Waals surface area contributed by atoms with Crippen molar-refractivity contribution >= 4 is 6.03 Å². The van der Waals surface area contributed by atoms with Crippen LogP contribution in [0.1, 0.15) is 20.8 Å². The SMILES string of the molecule is CCNC(=O)N(CCN)C(C)C. The largest absolute Gasteiger partial charge is 0.338 e. The van der Waals surface area contributed by atoms with E-state index in [1.807, 2.05) is 20.8 Å². The van der Waals surface area contributed by atoms with Gasteiger partial charge in [-0.15, -0.1) is 0 Å². The Labute approximate surface area is 74.1 Å². The van der Waals surface area contributed by atoms with Crippen molar-refractivity contribution in [2.24, 2.45) is 5.73 Å². The Hall–Kier alpha value is -0.770. The van der Waals surface area contributed by atoms with Crippen LogP contribution in [-0.2, 0) is 0 Å². The Morgan fingerprint density at radius 3 is 2.50 bits per heavy atom. The van der Waals surface area contributed by atoms with Crippen molar-refractivity contribution in [2.45, 2.75) is 26.8 Å². The Morgan fingerprint density at radius 2 is 2.17 bits per heavy atom. The number of nitrogens with one attached hydrogen (secondary N) is 1. The monoisotopic (exact) mass is 173 g/mol. The molecule has 2 amide bonds. The fraction of sp³-hybridized carbons (Fsp3) is 0.875. The topological polar surface area (TPSA) is 58.4 Å². The van der Waals surface area contributed by atoms with Gasteiger partial charge >= 0.3 is 6.03 Å². The zero-order valence-electron chi connectivity index (χ0n) is 8.13. The number of carbonyl (C=O) groups is 1. The van der Waals surface area contributed by atoms with Crippen molar-refractivity contribution in [1.82, 2.24) is 10.2 Å². The summed E-state index contributed by atoms with van der Waals surface area (Å²) in [5.41, 5.74) is 5.38. The third kappa shape index (κ3) is 3.57. The summed E-state index contributed by atoms with van der Waals surface area (Å²) in [6.07, 6.45) is 0. The molecule has 0 heterocycles. The standard InChI is InChI=1S/C8H19N3O/c1-4-10-8(12)11(6-5-9)7(2)3/h7H,4-6,9H2,1-3H3,(H,10,12). The van der Waals surface area contributed by atoms with Crippen LogP contribution in [-0.4, -0.2) is 36.6 Å². The van der Waals surface area contributed by atoms with Crippen LogP contribution in [0.25, 0.3) is 0 Å². The first-order chi connectivity index (χ1) is 5.63. The highest BCUT2D eigenvalue weighted by Gasteiger charge is 2.13. The fourth-order valence-corrected chi connectivity index (χ4v) is 0.986. The molecule has 0 aliphatic carbocycles. The Balaban J connectivity index is 4.00. The summed E-state index contributed by atoms with van der Waals surface area (Å²) in [4.78, 5) is 13.1. The molecule has 0 atom stereocenters. The normalized spacial score (nSPS) is 10.1. The molecule has 0 unspecified atom stereocenters. The molecule has 4 heteroatoms. The average Bonchev–Trinajstić information content (AvgIpc) is 1.99. The lowest BCUT2D eigenvalue weighted by Gasteiger charge is -2.25. The molecule has 0 bridgehead atoms. The number of hydrogen-bond acceptors (Lipinski definition) is 2. The molecule has 3 N–H and O–H groups in total. The lowest BCUT2D eigenvalue weighted by atomic mass is 10.3. The van der Waals surface area contributed by atoms with Gasteiger partial charge in [0.05, 0.1) is 0 Å². The number of nitrogens with two attached hydrogens (primary N) is 1. The summed E-state index contributed by atoms with van der Waals surface area (Å²) >= 11 is 0. The highest BCUT2D eigenvalue weighted by molar-refractivity contribution is 5.74. The summed E-state index contributed by atoms with van der Waals surface area (Å²) in [5.74, 6) is 0. The van der Waals surface area contributed by atoms with E-state index in [2.05, 4.69) is 5.32 Å². The lowest BCUT2D eigenvalue weighted by molar-refractivity contribution is 0.186. The van der Waals surface area contributed by atoms with E-state index in [9.17, 15) is 4.79 Å². The maximum Gasteiger partial charge on any atom is 0.317 e. The molecule has 0 aromatic carbocycles. The van der Waals surface area contributed by atoms with E-state index in [4.69, 9.17) is 5.73 Å². The predicted molar refractivity (Wildman–Crippen MR) is 50.0 cm³/mol. The lowest BCUT2D eigenvalue weighted by Crippen LogP contribution is -2.46. The van der Waals surface area contributed by atoms with Crippen molar-refractivity contribution < 1.29 is 4.79 Å². The molecule has 0 spiro atoms. The second kappa shape index (κ2) is 5.83. The smallest absolute Gasteiger partial charge is 0.317 e. The van der Waals surface area contributed by atoms with Crippen molar-refractivity contribution in [3.8, 4) is 0 Å². The van der Waals surface area contributed by atoms with Crippen LogP contribution in [0.2, 0.25) is 0 Å². The van der Waals surface area contributed by atoms with Gasteiger partial charge in [-0.1, -0.05) is 0 Å². The minimum absolute atomic E-state index is 0.0297. The number of amides is 2.